The van der Waals surface area contributed by atoms with Crippen LogP contribution in [0.3, 0.4) is 0 Å². The number of carbonyl (C=O) groups is 1. The second kappa shape index (κ2) is 15.8. The van der Waals surface area contributed by atoms with Crippen molar-refractivity contribution in [1.82, 2.24) is 9.62 Å². The highest BCUT2D eigenvalue weighted by atomic mass is 35.5. The van der Waals surface area contributed by atoms with E-state index < -0.39 is 32.1 Å². The first kappa shape index (κ1) is 37.2. The summed E-state index contributed by atoms with van der Waals surface area (Å²) in [6.07, 6.45) is 5.93. The first-order chi connectivity index (χ1) is 19.4. The molecule has 1 atom stereocenters. The van der Waals surface area contributed by atoms with E-state index >= 15 is 0 Å². The first-order valence-electron chi connectivity index (χ1n) is 14.0. The lowest BCUT2D eigenvalue weighted by Crippen LogP contribution is -2.41. The summed E-state index contributed by atoms with van der Waals surface area (Å²) in [5.41, 5.74) is 6.83. The van der Waals surface area contributed by atoms with Crippen LogP contribution in [0, 0.1) is 11.8 Å². The van der Waals surface area contributed by atoms with Gasteiger partial charge in [-0.3, -0.25) is 9.10 Å². The number of halogens is 2. The summed E-state index contributed by atoms with van der Waals surface area (Å²) in [4.78, 5) is 13.5. The molecule has 2 aliphatic rings. The minimum absolute atomic E-state index is 0. The van der Waals surface area contributed by atoms with E-state index in [-0.39, 0.29) is 54.0 Å². The number of anilines is 2. The molecule has 1 amide bonds. The molecule has 1 heterocycles. The van der Waals surface area contributed by atoms with E-state index in [1.165, 1.54) is 50.6 Å². The van der Waals surface area contributed by atoms with Gasteiger partial charge in [-0.25, -0.2) is 16.8 Å². The Labute approximate surface area is 267 Å². The zero-order valence-electron chi connectivity index (χ0n) is 24.4. The number of carbonyl (C=O) groups excluding carboxylic acids is 1. The van der Waals surface area contributed by atoms with Gasteiger partial charge in [0.05, 0.1) is 28.5 Å². The van der Waals surface area contributed by atoms with Crippen LogP contribution < -0.4 is 20.7 Å². The van der Waals surface area contributed by atoms with Crippen LogP contribution in [0.15, 0.2) is 47.4 Å². The average Bonchev–Trinajstić information content (AvgIpc) is 2.91. The van der Waals surface area contributed by atoms with E-state index in [2.05, 4.69) is 10.6 Å². The summed E-state index contributed by atoms with van der Waals surface area (Å²) in [7, 11) is -5.92. The van der Waals surface area contributed by atoms with E-state index in [9.17, 15) is 26.7 Å². The number of nitrogens with two attached hydrogens (primary N) is 1. The minimum atomic E-state index is -3.65. The summed E-state index contributed by atoms with van der Waals surface area (Å²) in [5, 5.41) is 15.5. The molecule has 43 heavy (non-hydrogen) atoms. The van der Waals surface area contributed by atoms with Gasteiger partial charge in [-0.2, -0.15) is 4.31 Å². The number of rotatable bonds is 12. The first-order valence-corrected chi connectivity index (χ1v) is 17.3. The molecule has 0 aromatic heterocycles. The van der Waals surface area contributed by atoms with Gasteiger partial charge in [0, 0.05) is 45.5 Å². The highest BCUT2D eigenvalue weighted by molar-refractivity contribution is 7.92. The smallest absolute Gasteiger partial charge is 0.257 e. The third kappa shape index (κ3) is 9.27. The van der Waals surface area contributed by atoms with Gasteiger partial charge in [-0.15, -0.1) is 24.8 Å². The Hall–Kier alpha value is -1.97. The van der Waals surface area contributed by atoms with Crippen LogP contribution in [0.5, 0.6) is 0 Å². The Kier molecular flexibility index (Phi) is 13.7. The molecule has 2 aromatic rings. The standard InChI is InChI=1S/C28H41N5O6S2.2ClH/c1-32(40(2,36)37)27-11-6-20(18-30-19-24(34)17-29)16-26(27)28(35)31-23-7-9-25(10-8-23)41(38,39)33-14-12-22(13-15-33)21-4-3-5-21;;/h6-11,16,21-22,24,30,34H,3-5,12-15,17-19,29H2,1-2H3,(H,31,35);2*1H. The number of sulfonamides is 2. The van der Waals surface area contributed by atoms with Gasteiger partial charge in [0.25, 0.3) is 5.91 Å². The Morgan fingerprint density at radius 3 is 2.16 bits per heavy atom. The second-order valence-corrected chi connectivity index (χ2v) is 15.0. The quantitative estimate of drug-likeness (QED) is 0.266. The largest absolute Gasteiger partial charge is 0.390 e. The maximum atomic E-state index is 13.4. The van der Waals surface area contributed by atoms with Crippen LogP contribution in [-0.2, 0) is 26.6 Å². The highest BCUT2D eigenvalue weighted by Gasteiger charge is 2.34. The molecule has 1 unspecified atom stereocenters. The molecule has 242 valence electrons. The number of aliphatic hydroxyl groups excluding tert-OH is 1. The number of benzene rings is 2. The third-order valence-corrected chi connectivity index (χ3v) is 11.3. The van der Waals surface area contributed by atoms with Crippen LogP contribution in [0.2, 0.25) is 0 Å². The van der Waals surface area contributed by atoms with Crippen molar-refractivity contribution in [2.75, 3.05) is 49.1 Å². The van der Waals surface area contributed by atoms with Crippen molar-refractivity contribution in [3.05, 3.63) is 53.6 Å². The third-order valence-electron chi connectivity index (χ3n) is 8.19. The molecule has 0 bridgehead atoms. The van der Waals surface area contributed by atoms with Crippen LogP contribution in [0.4, 0.5) is 11.4 Å². The Morgan fingerprint density at radius 2 is 1.63 bits per heavy atom. The molecule has 11 nitrogen and oxygen atoms in total. The van der Waals surface area contributed by atoms with Crippen molar-refractivity contribution in [3.63, 3.8) is 0 Å². The summed E-state index contributed by atoms with van der Waals surface area (Å²) >= 11 is 0. The number of aliphatic hydroxyl groups is 1. The SMILES string of the molecule is CN(c1ccc(CNCC(O)CN)cc1C(=O)Nc1ccc(S(=O)(=O)N2CCC(C3CCC3)CC2)cc1)S(C)(=O)=O.Cl.Cl. The molecule has 1 saturated heterocycles. The zero-order valence-corrected chi connectivity index (χ0v) is 27.7. The van der Waals surface area contributed by atoms with Crippen molar-refractivity contribution < 1.29 is 26.7 Å². The lowest BCUT2D eigenvalue weighted by molar-refractivity contribution is 0.102. The molecule has 1 aliphatic heterocycles. The molecular weight excluding hydrogens is 637 g/mol. The molecule has 0 radical (unpaired) electrons. The van der Waals surface area contributed by atoms with Gasteiger partial charge in [-0.05, 0) is 66.6 Å². The molecule has 1 aliphatic carbocycles. The predicted octanol–water partition coefficient (Wildman–Crippen LogP) is 2.79. The number of hydrogen-bond acceptors (Lipinski definition) is 8. The summed E-state index contributed by atoms with van der Waals surface area (Å²) in [5.74, 6) is 0.820. The topological polar surface area (TPSA) is 162 Å². The summed E-state index contributed by atoms with van der Waals surface area (Å²) in [6.45, 7) is 1.74. The normalized spacial score (nSPS) is 17.2. The summed E-state index contributed by atoms with van der Waals surface area (Å²) < 4.78 is 53.6. The predicted molar refractivity (Wildman–Crippen MR) is 174 cm³/mol. The Bertz CT molecular complexity index is 1430. The molecule has 1 saturated carbocycles. The molecular formula is C28H43Cl2N5O6S2. The second-order valence-electron chi connectivity index (χ2n) is 11.0. The van der Waals surface area contributed by atoms with E-state index in [1.54, 1.807) is 22.5 Å². The molecule has 4 rings (SSSR count). The average molecular weight is 681 g/mol. The van der Waals surface area contributed by atoms with Crippen molar-refractivity contribution in [1.29, 1.82) is 0 Å². The lowest BCUT2D eigenvalue weighted by atomic mass is 9.72. The lowest BCUT2D eigenvalue weighted by Gasteiger charge is -2.39. The van der Waals surface area contributed by atoms with Crippen LogP contribution >= 0.6 is 24.8 Å². The maximum absolute atomic E-state index is 13.4. The van der Waals surface area contributed by atoms with E-state index in [0.717, 1.165) is 29.3 Å². The Balaban J connectivity index is 0.00000323. The van der Waals surface area contributed by atoms with Crippen LogP contribution in [0.1, 0.15) is 48.0 Å². The molecule has 2 fully saturated rings. The van der Waals surface area contributed by atoms with E-state index in [4.69, 9.17) is 5.73 Å². The van der Waals surface area contributed by atoms with E-state index in [1.807, 2.05) is 0 Å². The van der Waals surface area contributed by atoms with E-state index in [0.29, 0.717) is 36.8 Å². The maximum Gasteiger partial charge on any atom is 0.257 e. The summed E-state index contributed by atoms with van der Waals surface area (Å²) in [6, 6.07) is 10.9. The fraction of sp³-hybridized carbons (Fsp3) is 0.536. The fourth-order valence-electron chi connectivity index (χ4n) is 5.35. The molecule has 2 aromatic carbocycles. The van der Waals surface area contributed by atoms with Gasteiger partial charge < -0.3 is 21.5 Å². The Morgan fingerprint density at radius 1 is 1.02 bits per heavy atom. The number of piperidine rings is 1. The van der Waals surface area contributed by atoms with Gasteiger partial charge >= 0.3 is 0 Å². The van der Waals surface area contributed by atoms with Gasteiger partial charge in [0.1, 0.15) is 0 Å². The highest BCUT2D eigenvalue weighted by Crippen LogP contribution is 2.39. The zero-order chi connectivity index (χ0) is 29.8. The van der Waals surface area contributed by atoms with Gasteiger partial charge in [0.2, 0.25) is 20.0 Å². The number of amides is 1. The monoisotopic (exact) mass is 679 g/mol. The fourth-order valence-corrected chi connectivity index (χ4v) is 7.34. The van der Waals surface area contributed by atoms with Crippen LogP contribution in [0.25, 0.3) is 0 Å². The number of nitrogens with one attached hydrogen (secondary N) is 2. The minimum Gasteiger partial charge on any atom is -0.390 e. The van der Waals surface area contributed by atoms with Gasteiger partial charge in [-0.1, -0.05) is 25.3 Å². The molecule has 0 spiro atoms. The molecule has 15 heteroatoms. The van der Waals surface area contributed by atoms with Crippen molar-refractivity contribution >= 4 is 62.1 Å². The number of nitrogens with zero attached hydrogens (tertiary/aromatic N) is 2. The van der Waals surface area contributed by atoms with Crippen LogP contribution in [-0.4, -0.2) is 77.7 Å². The van der Waals surface area contributed by atoms with Crippen molar-refractivity contribution in [2.45, 2.75) is 49.6 Å². The van der Waals surface area contributed by atoms with Crippen molar-refractivity contribution in [3.8, 4) is 0 Å². The van der Waals surface area contributed by atoms with Gasteiger partial charge in [0.15, 0.2) is 0 Å². The van der Waals surface area contributed by atoms with Crippen molar-refractivity contribution in [2.24, 2.45) is 17.6 Å². The number of hydrogen-bond donors (Lipinski definition) is 4. The molecule has 5 N–H and O–H groups in total.